The summed E-state index contributed by atoms with van der Waals surface area (Å²) in [4.78, 5) is 3.73. The highest BCUT2D eigenvalue weighted by Gasteiger charge is 2.24. The number of nitrogen functional groups attached to an aromatic ring is 1. The first-order valence-corrected chi connectivity index (χ1v) is 3.83. The molecule has 0 bridgehead atoms. The Balaban J connectivity index is 2.18. The quantitative estimate of drug-likeness (QED) is 0.725. The molecule has 0 unspecified atom stereocenters. The molecule has 0 saturated heterocycles. The van der Waals surface area contributed by atoms with E-state index >= 15 is 0 Å². The first-order chi connectivity index (χ1) is 5.75. The third kappa shape index (κ3) is 1.47. The van der Waals surface area contributed by atoms with Gasteiger partial charge in [-0.1, -0.05) is 0 Å². The Morgan fingerprint density at radius 2 is 2.33 bits per heavy atom. The maximum Gasteiger partial charge on any atom is 0.173 e. The molecule has 1 saturated carbocycles. The Hall–Kier alpha value is -1.32. The SMILES string of the molecule is Nc1cc(F)c(OC2CC2)cn1. The molecule has 0 aliphatic heterocycles. The Kier molecular flexibility index (Phi) is 1.60. The molecule has 1 aromatic rings. The van der Waals surface area contributed by atoms with E-state index in [1.165, 1.54) is 6.20 Å². The van der Waals surface area contributed by atoms with Crippen molar-refractivity contribution in [1.82, 2.24) is 4.98 Å². The molecular formula is C8H9FN2O. The highest BCUT2D eigenvalue weighted by Crippen LogP contribution is 2.28. The van der Waals surface area contributed by atoms with Gasteiger partial charge in [-0.05, 0) is 12.8 Å². The summed E-state index contributed by atoms with van der Waals surface area (Å²) in [7, 11) is 0. The molecule has 1 aliphatic rings. The van der Waals surface area contributed by atoms with E-state index in [1.54, 1.807) is 0 Å². The van der Waals surface area contributed by atoms with E-state index in [1.807, 2.05) is 0 Å². The van der Waals surface area contributed by atoms with Crippen molar-refractivity contribution in [1.29, 1.82) is 0 Å². The van der Waals surface area contributed by atoms with Gasteiger partial charge in [0, 0.05) is 6.07 Å². The zero-order chi connectivity index (χ0) is 8.55. The maximum absolute atomic E-state index is 13.0. The van der Waals surface area contributed by atoms with Crippen LogP contribution in [0.5, 0.6) is 5.75 Å². The van der Waals surface area contributed by atoms with Crippen LogP contribution in [0.2, 0.25) is 0 Å². The molecule has 0 spiro atoms. The fourth-order valence-corrected chi connectivity index (χ4v) is 0.885. The molecule has 2 rings (SSSR count). The van der Waals surface area contributed by atoms with Gasteiger partial charge in [0.05, 0.1) is 12.3 Å². The number of anilines is 1. The zero-order valence-corrected chi connectivity index (χ0v) is 6.46. The summed E-state index contributed by atoms with van der Waals surface area (Å²) in [6.45, 7) is 0. The average molecular weight is 168 g/mol. The van der Waals surface area contributed by atoms with Gasteiger partial charge in [-0.15, -0.1) is 0 Å². The lowest BCUT2D eigenvalue weighted by molar-refractivity contribution is 0.286. The summed E-state index contributed by atoms with van der Waals surface area (Å²) in [5, 5.41) is 0. The van der Waals surface area contributed by atoms with Gasteiger partial charge in [0.1, 0.15) is 5.82 Å². The van der Waals surface area contributed by atoms with Crippen LogP contribution >= 0.6 is 0 Å². The van der Waals surface area contributed by atoms with Gasteiger partial charge >= 0.3 is 0 Å². The normalized spacial score (nSPS) is 16.1. The van der Waals surface area contributed by atoms with Crippen molar-refractivity contribution in [3.8, 4) is 5.75 Å². The summed E-state index contributed by atoms with van der Waals surface area (Å²) < 4.78 is 18.2. The van der Waals surface area contributed by atoms with Crippen molar-refractivity contribution in [2.75, 3.05) is 5.73 Å². The Morgan fingerprint density at radius 3 is 2.92 bits per heavy atom. The van der Waals surface area contributed by atoms with E-state index in [0.29, 0.717) is 0 Å². The van der Waals surface area contributed by atoms with E-state index in [2.05, 4.69) is 4.98 Å². The standard InChI is InChI=1S/C8H9FN2O/c9-6-3-8(10)11-4-7(6)12-5-1-2-5/h3-5H,1-2H2,(H2,10,11). The van der Waals surface area contributed by atoms with Crippen molar-refractivity contribution in [3.05, 3.63) is 18.1 Å². The van der Waals surface area contributed by atoms with Crippen molar-refractivity contribution in [2.45, 2.75) is 18.9 Å². The van der Waals surface area contributed by atoms with Gasteiger partial charge in [-0.3, -0.25) is 0 Å². The molecular weight excluding hydrogens is 159 g/mol. The molecule has 3 nitrogen and oxygen atoms in total. The molecule has 0 atom stereocenters. The van der Waals surface area contributed by atoms with Crippen molar-refractivity contribution in [3.63, 3.8) is 0 Å². The molecule has 4 heteroatoms. The number of ether oxygens (including phenoxy) is 1. The number of hydrogen-bond donors (Lipinski definition) is 1. The summed E-state index contributed by atoms with van der Waals surface area (Å²) in [6, 6.07) is 1.16. The monoisotopic (exact) mass is 168 g/mol. The van der Waals surface area contributed by atoms with Crippen molar-refractivity contribution >= 4 is 5.82 Å². The minimum atomic E-state index is -0.436. The van der Waals surface area contributed by atoms with Crippen LogP contribution in [0.25, 0.3) is 0 Å². The Bertz CT molecular complexity index is 299. The van der Waals surface area contributed by atoms with Crippen LogP contribution in [0.15, 0.2) is 12.3 Å². The van der Waals surface area contributed by atoms with E-state index < -0.39 is 5.82 Å². The summed E-state index contributed by atoms with van der Waals surface area (Å²) >= 11 is 0. The van der Waals surface area contributed by atoms with Gasteiger partial charge in [0.25, 0.3) is 0 Å². The van der Waals surface area contributed by atoms with Gasteiger partial charge < -0.3 is 10.5 Å². The van der Waals surface area contributed by atoms with E-state index in [0.717, 1.165) is 18.9 Å². The fourth-order valence-electron chi connectivity index (χ4n) is 0.885. The van der Waals surface area contributed by atoms with E-state index in [-0.39, 0.29) is 17.7 Å². The first kappa shape index (κ1) is 7.34. The molecule has 2 N–H and O–H groups in total. The second-order valence-corrected chi connectivity index (χ2v) is 2.86. The number of halogens is 1. The summed E-state index contributed by atoms with van der Waals surface area (Å²) in [6.07, 6.45) is 3.52. The van der Waals surface area contributed by atoms with Crippen LogP contribution in [-0.4, -0.2) is 11.1 Å². The van der Waals surface area contributed by atoms with Crippen LogP contribution in [0.4, 0.5) is 10.2 Å². The predicted molar refractivity (Wildman–Crippen MR) is 42.3 cm³/mol. The van der Waals surface area contributed by atoms with Gasteiger partial charge in [-0.25, -0.2) is 9.37 Å². The highest BCUT2D eigenvalue weighted by molar-refractivity contribution is 5.34. The molecule has 1 heterocycles. The van der Waals surface area contributed by atoms with E-state index in [9.17, 15) is 4.39 Å². The third-order valence-electron chi connectivity index (χ3n) is 1.66. The third-order valence-corrected chi connectivity index (χ3v) is 1.66. The number of hydrogen-bond acceptors (Lipinski definition) is 3. The predicted octanol–water partition coefficient (Wildman–Crippen LogP) is 1.34. The Morgan fingerprint density at radius 1 is 1.58 bits per heavy atom. The summed E-state index contributed by atoms with van der Waals surface area (Å²) in [5.74, 6) is -0.0586. The van der Waals surface area contributed by atoms with Crippen LogP contribution in [0.1, 0.15) is 12.8 Å². The van der Waals surface area contributed by atoms with Crippen LogP contribution < -0.4 is 10.5 Å². The van der Waals surface area contributed by atoms with Gasteiger partial charge in [-0.2, -0.15) is 0 Å². The number of pyridine rings is 1. The number of rotatable bonds is 2. The van der Waals surface area contributed by atoms with Crippen LogP contribution in [0, 0.1) is 5.82 Å². The van der Waals surface area contributed by atoms with Gasteiger partial charge in [0.15, 0.2) is 11.6 Å². The summed E-state index contributed by atoms with van der Waals surface area (Å²) in [5.41, 5.74) is 5.27. The lowest BCUT2D eigenvalue weighted by atomic mass is 10.4. The minimum absolute atomic E-state index is 0.177. The molecule has 12 heavy (non-hydrogen) atoms. The number of aromatic nitrogens is 1. The lowest BCUT2D eigenvalue weighted by Gasteiger charge is -2.04. The number of nitrogens with two attached hydrogens (primary N) is 1. The fraction of sp³-hybridized carbons (Fsp3) is 0.375. The molecule has 0 aromatic carbocycles. The second kappa shape index (κ2) is 2.62. The van der Waals surface area contributed by atoms with Gasteiger partial charge in [0.2, 0.25) is 0 Å². The minimum Gasteiger partial charge on any atom is -0.486 e. The topological polar surface area (TPSA) is 48.1 Å². The largest absolute Gasteiger partial charge is 0.486 e. The zero-order valence-electron chi connectivity index (χ0n) is 6.46. The molecule has 1 fully saturated rings. The maximum atomic E-state index is 13.0. The molecule has 0 amide bonds. The molecule has 0 radical (unpaired) electrons. The van der Waals surface area contributed by atoms with Crippen molar-refractivity contribution < 1.29 is 9.13 Å². The second-order valence-electron chi connectivity index (χ2n) is 2.86. The first-order valence-electron chi connectivity index (χ1n) is 3.83. The van der Waals surface area contributed by atoms with Crippen LogP contribution in [-0.2, 0) is 0 Å². The lowest BCUT2D eigenvalue weighted by Crippen LogP contribution is -2.00. The molecule has 1 aromatic heterocycles. The van der Waals surface area contributed by atoms with Crippen LogP contribution in [0.3, 0.4) is 0 Å². The molecule has 1 aliphatic carbocycles. The average Bonchev–Trinajstić information content (AvgIpc) is 2.79. The van der Waals surface area contributed by atoms with Crippen molar-refractivity contribution in [2.24, 2.45) is 0 Å². The van der Waals surface area contributed by atoms with E-state index in [4.69, 9.17) is 10.5 Å². The Labute approximate surface area is 69.4 Å². The smallest absolute Gasteiger partial charge is 0.173 e. The highest BCUT2D eigenvalue weighted by atomic mass is 19.1. The molecule has 64 valence electrons. The number of nitrogens with zero attached hydrogens (tertiary/aromatic N) is 1.